The van der Waals surface area contributed by atoms with Crippen LogP contribution in [0.2, 0.25) is 4.34 Å². The first-order chi connectivity index (χ1) is 7.34. The maximum Gasteiger partial charge on any atom is 0.0931 e. The highest BCUT2D eigenvalue weighted by atomic mass is 35.5. The van der Waals surface area contributed by atoms with Crippen molar-refractivity contribution in [2.75, 3.05) is 0 Å². The Morgan fingerprint density at radius 1 is 1.20 bits per heavy atom. The number of pyridine rings is 1. The lowest BCUT2D eigenvalue weighted by Crippen LogP contribution is -2.12. The Balaban J connectivity index is 1.80. The molecule has 0 aliphatic rings. The summed E-state index contributed by atoms with van der Waals surface area (Å²) in [5.74, 6) is 0. The highest BCUT2D eigenvalue weighted by Gasteiger charge is 1.97. The van der Waals surface area contributed by atoms with Gasteiger partial charge >= 0.3 is 0 Å². The molecule has 4 heteroatoms. The van der Waals surface area contributed by atoms with E-state index < -0.39 is 0 Å². The van der Waals surface area contributed by atoms with Gasteiger partial charge in [0.05, 0.1) is 10.0 Å². The fraction of sp³-hybridized carbons (Fsp3) is 0.182. The second kappa shape index (κ2) is 5.26. The minimum Gasteiger partial charge on any atom is -0.306 e. The topological polar surface area (TPSA) is 24.9 Å². The second-order valence-electron chi connectivity index (χ2n) is 3.13. The van der Waals surface area contributed by atoms with Gasteiger partial charge in [-0.1, -0.05) is 17.7 Å². The maximum absolute atomic E-state index is 5.83. The van der Waals surface area contributed by atoms with Crippen molar-refractivity contribution >= 4 is 22.9 Å². The first-order valence-corrected chi connectivity index (χ1v) is 5.89. The Kier molecular flexibility index (Phi) is 3.72. The number of hydrogen-bond acceptors (Lipinski definition) is 3. The van der Waals surface area contributed by atoms with Crippen molar-refractivity contribution in [2.24, 2.45) is 0 Å². The van der Waals surface area contributed by atoms with Gasteiger partial charge in [0.2, 0.25) is 0 Å². The summed E-state index contributed by atoms with van der Waals surface area (Å²) in [5.41, 5.74) is 1.06. The number of halogens is 1. The van der Waals surface area contributed by atoms with Crippen LogP contribution in [0.1, 0.15) is 10.6 Å². The molecule has 0 unspecified atom stereocenters. The monoisotopic (exact) mass is 238 g/mol. The fourth-order valence-electron chi connectivity index (χ4n) is 1.26. The second-order valence-corrected chi connectivity index (χ2v) is 4.93. The molecule has 0 saturated heterocycles. The molecule has 2 heterocycles. The largest absolute Gasteiger partial charge is 0.306 e. The quantitative estimate of drug-likeness (QED) is 0.886. The van der Waals surface area contributed by atoms with Crippen molar-refractivity contribution in [2.45, 2.75) is 13.1 Å². The van der Waals surface area contributed by atoms with Gasteiger partial charge in [-0.15, -0.1) is 11.3 Å². The van der Waals surface area contributed by atoms with Crippen LogP contribution in [0.4, 0.5) is 0 Å². The first-order valence-electron chi connectivity index (χ1n) is 4.69. The van der Waals surface area contributed by atoms with Gasteiger partial charge in [0.1, 0.15) is 0 Å². The molecule has 78 valence electrons. The third-order valence-corrected chi connectivity index (χ3v) is 3.19. The molecule has 2 aromatic heterocycles. The summed E-state index contributed by atoms with van der Waals surface area (Å²) in [6.45, 7) is 1.63. The summed E-state index contributed by atoms with van der Waals surface area (Å²) < 4.78 is 0.838. The fourth-order valence-corrected chi connectivity index (χ4v) is 2.32. The minimum atomic E-state index is 0.788. The molecule has 0 aromatic carbocycles. The molecular weight excluding hydrogens is 228 g/mol. The minimum absolute atomic E-state index is 0.788. The molecule has 0 fully saturated rings. The van der Waals surface area contributed by atoms with Gasteiger partial charge in [0.15, 0.2) is 0 Å². The van der Waals surface area contributed by atoms with E-state index in [0.29, 0.717) is 0 Å². The summed E-state index contributed by atoms with van der Waals surface area (Å²) in [6.07, 6.45) is 1.80. The zero-order chi connectivity index (χ0) is 10.5. The molecular formula is C11H11ClN2S. The van der Waals surface area contributed by atoms with Crippen LogP contribution in [0.25, 0.3) is 0 Å². The lowest BCUT2D eigenvalue weighted by Gasteiger charge is -2.01. The molecule has 2 nitrogen and oxygen atoms in total. The van der Waals surface area contributed by atoms with Crippen molar-refractivity contribution in [1.29, 1.82) is 0 Å². The Morgan fingerprint density at radius 3 is 2.80 bits per heavy atom. The van der Waals surface area contributed by atoms with Gasteiger partial charge in [-0.25, -0.2) is 0 Å². The van der Waals surface area contributed by atoms with E-state index in [0.717, 1.165) is 23.1 Å². The number of hydrogen-bond donors (Lipinski definition) is 1. The van der Waals surface area contributed by atoms with Crippen LogP contribution in [0.3, 0.4) is 0 Å². The summed E-state index contributed by atoms with van der Waals surface area (Å²) in [6, 6.07) is 9.88. The van der Waals surface area contributed by atoms with Crippen LogP contribution < -0.4 is 5.32 Å². The van der Waals surface area contributed by atoms with E-state index in [2.05, 4.69) is 10.3 Å². The van der Waals surface area contributed by atoms with Crippen LogP contribution in [0.15, 0.2) is 36.5 Å². The van der Waals surface area contributed by atoms with Crippen LogP contribution in [-0.2, 0) is 13.1 Å². The average molecular weight is 239 g/mol. The SMILES string of the molecule is Clc1ccc(CNCc2ccccn2)s1. The summed E-state index contributed by atoms with van der Waals surface area (Å²) in [5, 5.41) is 3.32. The van der Waals surface area contributed by atoms with E-state index in [-0.39, 0.29) is 0 Å². The predicted octanol–water partition coefficient (Wildman–Crippen LogP) is 3.09. The smallest absolute Gasteiger partial charge is 0.0931 e. The highest BCUT2D eigenvalue weighted by Crippen LogP contribution is 2.20. The molecule has 0 aliphatic carbocycles. The Bertz CT molecular complexity index is 414. The number of aromatic nitrogens is 1. The normalized spacial score (nSPS) is 10.5. The maximum atomic E-state index is 5.83. The molecule has 0 bridgehead atoms. The molecule has 2 aromatic rings. The van der Waals surface area contributed by atoms with Crippen molar-refractivity contribution in [3.8, 4) is 0 Å². The average Bonchev–Trinajstić information content (AvgIpc) is 2.66. The third kappa shape index (κ3) is 3.30. The van der Waals surface area contributed by atoms with Gasteiger partial charge in [-0.05, 0) is 24.3 Å². The van der Waals surface area contributed by atoms with Crippen molar-refractivity contribution in [3.63, 3.8) is 0 Å². The summed E-state index contributed by atoms with van der Waals surface area (Å²) in [4.78, 5) is 5.48. The van der Waals surface area contributed by atoms with E-state index in [4.69, 9.17) is 11.6 Å². The molecule has 1 N–H and O–H groups in total. The number of nitrogens with one attached hydrogen (secondary N) is 1. The Morgan fingerprint density at radius 2 is 2.13 bits per heavy atom. The van der Waals surface area contributed by atoms with Crippen molar-refractivity contribution in [3.05, 3.63) is 51.4 Å². The van der Waals surface area contributed by atoms with Crippen LogP contribution >= 0.6 is 22.9 Å². The molecule has 0 aliphatic heterocycles. The van der Waals surface area contributed by atoms with Crippen molar-refractivity contribution < 1.29 is 0 Å². The zero-order valence-corrected chi connectivity index (χ0v) is 9.68. The van der Waals surface area contributed by atoms with E-state index in [9.17, 15) is 0 Å². The zero-order valence-electron chi connectivity index (χ0n) is 8.11. The molecule has 0 radical (unpaired) electrons. The molecule has 0 amide bonds. The van der Waals surface area contributed by atoms with Crippen LogP contribution in [0.5, 0.6) is 0 Å². The van der Waals surface area contributed by atoms with Crippen molar-refractivity contribution in [1.82, 2.24) is 10.3 Å². The number of thiophene rings is 1. The molecule has 2 rings (SSSR count). The van der Waals surface area contributed by atoms with Gasteiger partial charge in [-0.3, -0.25) is 4.98 Å². The first kappa shape index (κ1) is 10.6. The lowest BCUT2D eigenvalue weighted by atomic mass is 10.3. The molecule has 0 atom stereocenters. The number of rotatable bonds is 4. The predicted molar refractivity (Wildman–Crippen MR) is 64.1 cm³/mol. The molecule has 0 saturated carbocycles. The van der Waals surface area contributed by atoms with E-state index in [1.165, 1.54) is 4.88 Å². The molecule has 15 heavy (non-hydrogen) atoms. The highest BCUT2D eigenvalue weighted by molar-refractivity contribution is 7.16. The van der Waals surface area contributed by atoms with E-state index in [1.54, 1.807) is 17.5 Å². The third-order valence-electron chi connectivity index (χ3n) is 1.96. The van der Waals surface area contributed by atoms with E-state index in [1.807, 2.05) is 30.3 Å². The lowest BCUT2D eigenvalue weighted by molar-refractivity contribution is 0.686. The standard InChI is InChI=1S/C11H11ClN2S/c12-11-5-4-10(15-11)8-13-7-9-3-1-2-6-14-9/h1-6,13H,7-8H2. The Labute approximate surface area is 97.9 Å². The van der Waals surface area contributed by atoms with Crippen LogP contribution in [0, 0.1) is 0 Å². The molecule has 0 spiro atoms. The van der Waals surface area contributed by atoms with Crippen LogP contribution in [-0.4, -0.2) is 4.98 Å². The van der Waals surface area contributed by atoms with Gasteiger partial charge in [-0.2, -0.15) is 0 Å². The van der Waals surface area contributed by atoms with Gasteiger partial charge in [0, 0.05) is 24.2 Å². The summed E-state index contributed by atoms with van der Waals surface area (Å²) in [7, 11) is 0. The van der Waals surface area contributed by atoms with Gasteiger partial charge < -0.3 is 5.32 Å². The Hall–Kier alpha value is -0.900. The summed E-state index contributed by atoms with van der Waals surface area (Å²) >= 11 is 7.44. The van der Waals surface area contributed by atoms with Gasteiger partial charge in [0.25, 0.3) is 0 Å². The number of nitrogens with zero attached hydrogens (tertiary/aromatic N) is 1. The van der Waals surface area contributed by atoms with E-state index >= 15 is 0 Å².